The Balaban J connectivity index is 2.04. The third-order valence-corrected chi connectivity index (χ3v) is 3.13. The van der Waals surface area contributed by atoms with E-state index in [4.69, 9.17) is 5.73 Å². The fourth-order valence-electron chi connectivity index (χ4n) is 2.06. The van der Waals surface area contributed by atoms with Crippen LogP contribution in [0.1, 0.15) is 33.1 Å². The molecule has 2 N–H and O–H groups in total. The lowest BCUT2D eigenvalue weighted by Gasteiger charge is -2.07. The standard InChI is InChI=1S/C14H21N5/c1-11(2)7-5-6-10-19-14(16-17-18-19)12-8-3-4-9-13(12)15/h3-4,8-9,11H,5-7,10,15H2,1-2H3. The number of rotatable bonds is 6. The number of benzene rings is 1. The molecular weight excluding hydrogens is 238 g/mol. The summed E-state index contributed by atoms with van der Waals surface area (Å²) in [6.07, 6.45) is 3.52. The molecule has 5 heteroatoms. The first-order valence-electron chi connectivity index (χ1n) is 6.79. The van der Waals surface area contributed by atoms with Crippen molar-refractivity contribution in [1.82, 2.24) is 20.2 Å². The van der Waals surface area contributed by atoms with E-state index < -0.39 is 0 Å². The maximum absolute atomic E-state index is 5.97. The molecule has 102 valence electrons. The number of hydrogen-bond donors (Lipinski definition) is 1. The predicted molar refractivity (Wildman–Crippen MR) is 76.4 cm³/mol. The molecule has 0 saturated heterocycles. The number of aromatic nitrogens is 4. The molecule has 0 fully saturated rings. The van der Waals surface area contributed by atoms with Crippen LogP contribution in [-0.4, -0.2) is 20.2 Å². The Morgan fingerprint density at radius 3 is 2.74 bits per heavy atom. The van der Waals surface area contributed by atoms with Gasteiger partial charge in [-0.2, -0.15) is 0 Å². The third kappa shape index (κ3) is 3.53. The van der Waals surface area contributed by atoms with Crippen molar-refractivity contribution in [1.29, 1.82) is 0 Å². The van der Waals surface area contributed by atoms with Crippen LogP contribution >= 0.6 is 0 Å². The minimum absolute atomic E-state index is 0.709. The zero-order chi connectivity index (χ0) is 13.7. The molecule has 2 aromatic rings. The Bertz CT molecular complexity index is 518. The minimum atomic E-state index is 0.709. The lowest BCUT2D eigenvalue weighted by atomic mass is 10.1. The SMILES string of the molecule is CC(C)CCCCn1nnnc1-c1ccccc1N. The van der Waals surface area contributed by atoms with Crippen molar-refractivity contribution in [3.8, 4) is 11.4 Å². The Morgan fingerprint density at radius 1 is 1.21 bits per heavy atom. The van der Waals surface area contributed by atoms with E-state index >= 15 is 0 Å². The van der Waals surface area contributed by atoms with Gasteiger partial charge < -0.3 is 5.73 Å². The van der Waals surface area contributed by atoms with Gasteiger partial charge in [0.25, 0.3) is 0 Å². The van der Waals surface area contributed by atoms with Crippen LogP contribution in [0.2, 0.25) is 0 Å². The van der Waals surface area contributed by atoms with E-state index in [0.29, 0.717) is 5.69 Å². The first-order chi connectivity index (χ1) is 9.18. The van der Waals surface area contributed by atoms with Crippen LogP contribution in [0.3, 0.4) is 0 Å². The highest BCUT2D eigenvalue weighted by Crippen LogP contribution is 2.22. The number of aryl methyl sites for hydroxylation is 1. The maximum atomic E-state index is 5.97. The number of tetrazole rings is 1. The fourth-order valence-corrected chi connectivity index (χ4v) is 2.06. The van der Waals surface area contributed by atoms with Crippen molar-refractivity contribution in [3.63, 3.8) is 0 Å². The minimum Gasteiger partial charge on any atom is -0.398 e. The number of nitrogens with zero attached hydrogens (tertiary/aromatic N) is 4. The highest BCUT2D eigenvalue weighted by atomic mass is 15.5. The van der Waals surface area contributed by atoms with E-state index in [-0.39, 0.29) is 0 Å². The Labute approximate surface area is 113 Å². The van der Waals surface area contributed by atoms with Crippen molar-refractivity contribution in [2.45, 2.75) is 39.7 Å². The first kappa shape index (κ1) is 13.5. The Morgan fingerprint density at radius 2 is 2.00 bits per heavy atom. The number of anilines is 1. The molecule has 2 rings (SSSR count). The van der Waals surface area contributed by atoms with Crippen LogP contribution in [0.15, 0.2) is 24.3 Å². The van der Waals surface area contributed by atoms with E-state index in [9.17, 15) is 0 Å². The summed E-state index contributed by atoms with van der Waals surface area (Å²) in [6.45, 7) is 5.32. The van der Waals surface area contributed by atoms with Crippen LogP contribution in [-0.2, 0) is 6.54 Å². The molecule has 0 radical (unpaired) electrons. The summed E-state index contributed by atoms with van der Waals surface area (Å²) in [6, 6.07) is 7.68. The van der Waals surface area contributed by atoms with E-state index in [0.717, 1.165) is 30.3 Å². The van der Waals surface area contributed by atoms with Crippen molar-refractivity contribution < 1.29 is 0 Å². The lowest BCUT2D eigenvalue weighted by Crippen LogP contribution is -2.04. The summed E-state index contributed by atoms with van der Waals surface area (Å²) >= 11 is 0. The van der Waals surface area contributed by atoms with E-state index in [1.807, 2.05) is 28.9 Å². The molecule has 0 bridgehead atoms. The maximum Gasteiger partial charge on any atom is 0.184 e. The molecule has 1 heterocycles. The molecule has 0 aliphatic heterocycles. The van der Waals surface area contributed by atoms with Gasteiger partial charge in [0.2, 0.25) is 0 Å². The average Bonchev–Trinajstić information content (AvgIpc) is 2.83. The molecule has 0 aliphatic carbocycles. The molecule has 0 aliphatic rings. The van der Waals surface area contributed by atoms with Crippen molar-refractivity contribution in [3.05, 3.63) is 24.3 Å². The molecule has 0 amide bonds. The van der Waals surface area contributed by atoms with E-state index in [1.54, 1.807) is 0 Å². The molecule has 0 unspecified atom stereocenters. The highest BCUT2D eigenvalue weighted by molar-refractivity contribution is 5.70. The van der Waals surface area contributed by atoms with Gasteiger partial charge >= 0.3 is 0 Å². The highest BCUT2D eigenvalue weighted by Gasteiger charge is 2.10. The first-order valence-corrected chi connectivity index (χ1v) is 6.79. The topological polar surface area (TPSA) is 69.6 Å². The van der Waals surface area contributed by atoms with Crippen LogP contribution in [0.5, 0.6) is 0 Å². The zero-order valence-corrected chi connectivity index (χ0v) is 11.6. The lowest BCUT2D eigenvalue weighted by molar-refractivity contribution is 0.487. The van der Waals surface area contributed by atoms with Gasteiger partial charge in [0.05, 0.1) is 0 Å². The Hall–Kier alpha value is -1.91. The number of hydrogen-bond acceptors (Lipinski definition) is 4. The van der Waals surface area contributed by atoms with Gasteiger partial charge in [-0.1, -0.05) is 38.8 Å². The second-order valence-electron chi connectivity index (χ2n) is 5.20. The number of unbranched alkanes of at least 4 members (excludes halogenated alkanes) is 1. The Kier molecular flexibility index (Phi) is 4.49. The van der Waals surface area contributed by atoms with Gasteiger partial charge in [0.1, 0.15) is 0 Å². The molecule has 19 heavy (non-hydrogen) atoms. The third-order valence-electron chi connectivity index (χ3n) is 3.13. The quantitative estimate of drug-likeness (QED) is 0.639. The summed E-state index contributed by atoms with van der Waals surface area (Å²) in [5, 5.41) is 11.9. The van der Waals surface area contributed by atoms with Crippen LogP contribution in [0.25, 0.3) is 11.4 Å². The summed E-state index contributed by atoms with van der Waals surface area (Å²) in [5.74, 6) is 1.50. The second-order valence-corrected chi connectivity index (χ2v) is 5.20. The van der Waals surface area contributed by atoms with Gasteiger partial charge in [-0.15, -0.1) is 5.10 Å². The largest absolute Gasteiger partial charge is 0.398 e. The molecule has 1 aromatic heterocycles. The fraction of sp³-hybridized carbons (Fsp3) is 0.500. The van der Waals surface area contributed by atoms with Gasteiger partial charge in [0.15, 0.2) is 5.82 Å². The number of nitrogen functional groups attached to an aromatic ring is 1. The number of nitrogens with two attached hydrogens (primary N) is 1. The van der Waals surface area contributed by atoms with Gasteiger partial charge in [-0.3, -0.25) is 0 Å². The molecule has 5 nitrogen and oxygen atoms in total. The van der Waals surface area contributed by atoms with E-state index in [1.165, 1.54) is 12.8 Å². The van der Waals surface area contributed by atoms with Crippen LogP contribution < -0.4 is 5.73 Å². The second kappa shape index (κ2) is 6.31. The normalized spacial score (nSPS) is 11.1. The van der Waals surface area contributed by atoms with Gasteiger partial charge in [0, 0.05) is 17.8 Å². The molecule has 0 spiro atoms. The zero-order valence-electron chi connectivity index (χ0n) is 11.6. The average molecular weight is 259 g/mol. The van der Waals surface area contributed by atoms with Crippen molar-refractivity contribution >= 4 is 5.69 Å². The van der Waals surface area contributed by atoms with Crippen molar-refractivity contribution in [2.24, 2.45) is 5.92 Å². The monoisotopic (exact) mass is 259 g/mol. The molecule has 0 atom stereocenters. The van der Waals surface area contributed by atoms with Gasteiger partial charge in [-0.25, -0.2) is 4.68 Å². The summed E-state index contributed by atoms with van der Waals surface area (Å²) in [7, 11) is 0. The number of para-hydroxylation sites is 1. The van der Waals surface area contributed by atoms with Crippen molar-refractivity contribution in [2.75, 3.05) is 5.73 Å². The smallest absolute Gasteiger partial charge is 0.184 e. The van der Waals surface area contributed by atoms with Crippen LogP contribution in [0.4, 0.5) is 5.69 Å². The van der Waals surface area contributed by atoms with E-state index in [2.05, 4.69) is 29.4 Å². The van der Waals surface area contributed by atoms with Crippen LogP contribution in [0, 0.1) is 5.92 Å². The predicted octanol–water partition coefficient (Wildman–Crippen LogP) is 2.75. The summed E-state index contributed by atoms with van der Waals surface area (Å²) in [4.78, 5) is 0. The summed E-state index contributed by atoms with van der Waals surface area (Å²) in [5.41, 5.74) is 7.57. The molecular formula is C14H21N5. The molecule has 0 saturated carbocycles. The van der Waals surface area contributed by atoms with Gasteiger partial charge in [-0.05, 0) is 34.9 Å². The summed E-state index contributed by atoms with van der Waals surface area (Å²) < 4.78 is 1.84. The molecule has 1 aromatic carbocycles.